The van der Waals surface area contributed by atoms with E-state index in [0.717, 1.165) is 28.3 Å². The molecule has 0 aliphatic heterocycles. The zero-order valence-corrected chi connectivity index (χ0v) is 13.7. The van der Waals surface area contributed by atoms with E-state index in [0.29, 0.717) is 11.3 Å². The van der Waals surface area contributed by atoms with Crippen LogP contribution in [0.4, 0.5) is 10.1 Å². The molecule has 0 fully saturated rings. The van der Waals surface area contributed by atoms with Crippen LogP contribution in [0, 0.1) is 24.4 Å². The number of hydrogen-bond acceptors (Lipinski definition) is 3. The summed E-state index contributed by atoms with van der Waals surface area (Å²) in [4.78, 5) is 0. The molecule has 23 heavy (non-hydrogen) atoms. The molecule has 0 saturated heterocycles. The first kappa shape index (κ1) is 15.4. The van der Waals surface area contributed by atoms with Gasteiger partial charge in [0.1, 0.15) is 5.82 Å². The molecule has 0 radical (unpaired) electrons. The van der Waals surface area contributed by atoms with Crippen molar-refractivity contribution in [3.8, 4) is 5.69 Å². The second-order valence-electron chi connectivity index (χ2n) is 5.43. The van der Waals surface area contributed by atoms with Gasteiger partial charge in [-0.05, 0) is 67.5 Å². The summed E-state index contributed by atoms with van der Waals surface area (Å²) in [6.07, 6.45) is 0. The third-order valence-corrected chi connectivity index (χ3v) is 3.92. The van der Waals surface area contributed by atoms with Gasteiger partial charge in [-0.2, -0.15) is 5.10 Å². The number of rotatable bonds is 4. The van der Waals surface area contributed by atoms with Crippen molar-refractivity contribution in [1.29, 1.82) is 0 Å². The summed E-state index contributed by atoms with van der Waals surface area (Å²) in [5.74, 6) is 0.515. The predicted molar refractivity (Wildman–Crippen MR) is 91.9 cm³/mol. The Hall–Kier alpha value is -2.47. The number of benzene rings is 2. The molecule has 2 N–H and O–H groups in total. The summed E-state index contributed by atoms with van der Waals surface area (Å²) >= 11 is 5.37. The highest BCUT2D eigenvalue weighted by molar-refractivity contribution is 7.71. The topological polar surface area (TPSA) is 45.6 Å². The summed E-state index contributed by atoms with van der Waals surface area (Å²) in [7, 11) is 0. The van der Waals surface area contributed by atoms with Crippen LogP contribution < -0.4 is 5.32 Å². The van der Waals surface area contributed by atoms with Gasteiger partial charge in [-0.3, -0.25) is 9.67 Å². The Morgan fingerprint density at radius 2 is 1.91 bits per heavy atom. The number of aryl methyl sites for hydroxylation is 2. The minimum atomic E-state index is -0.256. The molecule has 0 bridgehead atoms. The molecule has 3 rings (SSSR count). The van der Waals surface area contributed by atoms with Crippen LogP contribution in [0.25, 0.3) is 5.69 Å². The Morgan fingerprint density at radius 3 is 2.65 bits per heavy atom. The Kier molecular flexibility index (Phi) is 4.25. The Labute approximate surface area is 139 Å². The summed E-state index contributed by atoms with van der Waals surface area (Å²) in [6, 6.07) is 12.4. The summed E-state index contributed by atoms with van der Waals surface area (Å²) < 4.78 is 15.4. The van der Waals surface area contributed by atoms with Crippen LogP contribution >= 0.6 is 12.2 Å². The number of halogens is 1. The first-order chi connectivity index (χ1) is 11.0. The summed E-state index contributed by atoms with van der Waals surface area (Å²) in [6.45, 7) is 4.57. The average molecular weight is 328 g/mol. The molecule has 3 aromatic rings. The van der Waals surface area contributed by atoms with Gasteiger partial charge in [0.15, 0.2) is 10.6 Å². The van der Waals surface area contributed by atoms with Gasteiger partial charge in [-0.15, -0.1) is 0 Å². The van der Waals surface area contributed by atoms with Gasteiger partial charge in [0.2, 0.25) is 0 Å². The van der Waals surface area contributed by atoms with Crippen molar-refractivity contribution < 1.29 is 4.39 Å². The van der Waals surface area contributed by atoms with Crippen molar-refractivity contribution in [2.45, 2.75) is 20.4 Å². The number of aromatic nitrogens is 3. The molecule has 0 aliphatic rings. The maximum atomic E-state index is 13.0. The van der Waals surface area contributed by atoms with Crippen molar-refractivity contribution in [2.75, 3.05) is 5.32 Å². The standard InChI is InChI=1S/C17H17FN4S/c1-11-3-4-12(2)15(9-11)22-16(20-21-17(22)23)10-19-14-7-5-13(18)6-8-14/h3-9,19H,10H2,1-2H3,(H,21,23). The molecule has 118 valence electrons. The van der Waals surface area contributed by atoms with Crippen molar-refractivity contribution in [3.63, 3.8) is 0 Å². The molecule has 4 nitrogen and oxygen atoms in total. The highest BCUT2D eigenvalue weighted by Gasteiger charge is 2.10. The van der Waals surface area contributed by atoms with E-state index < -0.39 is 0 Å². The van der Waals surface area contributed by atoms with Gasteiger partial charge >= 0.3 is 0 Å². The highest BCUT2D eigenvalue weighted by atomic mass is 32.1. The maximum absolute atomic E-state index is 13.0. The molecule has 0 atom stereocenters. The van der Waals surface area contributed by atoms with E-state index in [2.05, 4.69) is 33.7 Å². The van der Waals surface area contributed by atoms with E-state index >= 15 is 0 Å². The monoisotopic (exact) mass is 328 g/mol. The van der Waals surface area contributed by atoms with Crippen molar-refractivity contribution in [2.24, 2.45) is 0 Å². The third kappa shape index (κ3) is 3.32. The van der Waals surface area contributed by atoms with Crippen LogP contribution in [0.3, 0.4) is 0 Å². The lowest BCUT2D eigenvalue weighted by Crippen LogP contribution is -2.09. The fourth-order valence-corrected chi connectivity index (χ4v) is 2.66. The van der Waals surface area contributed by atoms with Crippen LogP contribution in [-0.4, -0.2) is 14.8 Å². The first-order valence-electron chi connectivity index (χ1n) is 7.28. The smallest absolute Gasteiger partial charge is 0.199 e. The van der Waals surface area contributed by atoms with E-state index in [9.17, 15) is 4.39 Å². The number of nitrogens with zero attached hydrogens (tertiary/aromatic N) is 2. The van der Waals surface area contributed by atoms with Crippen LogP contribution in [-0.2, 0) is 6.54 Å². The van der Waals surface area contributed by atoms with Gasteiger partial charge in [0.05, 0.1) is 12.2 Å². The van der Waals surface area contributed by atoms with Gasteiger partial charge in [-0.1, -0.05) is 12.1 Å². The summed E-state index contributed by atoms with van der Waals surface area (Å²) in [5, 5.41) is 10.4. The van der Waals surface area contributed by atoms with Crippen molar-refractivity contribution >= 4 is 17.9 Å². The van der Waals surface area contributed by atoms with Crippen LogP contribution in [0.5, 0.6) is 0 Å². The second kappa shape index (κ2) is 6.34. The normalized spacial score (nSPS) is 10.7. The first-order valence-corrected chi connectivity index (χ1v) is 7.69. The lowest BCUT2D eigenvalue weighted by molar-refractivity contribution is 0.628. The Bertz CT molecular complexity index is 880. The van der Waals surface area contributed by atoms with Crippen LogP contribution in [0.2, 0.25) is 0 Å². The van der Waals surface area contributed by atoms with Gasteiger partial charge in [0, 0.05) is 5.69 Å². The Morgan fingerprint density at radius 1 is 1.17 bits per heavy atom. The quantitative estimate of drug-likeness (QED) is 0.702. The molecular formula is C17H17FN4S. The van der Waals surface area contributed by atoms with E-state index in [4.69, 9.17) is 12.2 Å². The fraction of sp³-hybridized carbons (Fsp3) is 0.176. The van der Waals surface area contributed by atoms with Crippen LogP contribution in [0.15, 0.2) is 42.5 Å². The van der Waals surface area contributed by atoms with Gasteiger partial charge in [-0.25, -0.2) is 4.39 Å². The van der Waals surface area contributed by atoms with Crippen LogP contribution in [0.1, 0.15) is 17.0 Å². The Balaban J connectivity index is 1.91. The SMILES string of the molecule is Cc1ccc(C)c(-n2c(CNc3ccc(F)cc3)n[nH]c2=S)c1. The lowest BCUT2D eigenvalue weighted by Gasteiger charge is -2.12. The minimum Gasteiger partial charge on any atom is -0.378 e. The molecule has 0 saturated carbocycles. The highest BCUT2D eigenvalue weighted by Crippen LogP contribution is 2.19. The lowest BCUT2D eigenvalue weighted by atomic mass is 10.1. The second-order valence-corrected chi connectivity index (χ2v) is 5.82. The molecular weight excluding hydrogens is 311 g/mol. The summed E-state index contributed by atoms with van der Waals surface area (Å²) in [5.41, 5.74) is 4.12. The number of nitrogens with one attached hydrogen (secondary N) is 2. The van der Waals surface area contributed by atoms with E-state index in [1.165, 1.54) is 12.1 Å². The number of hydrogen-bond donors (Lipinski definition) is 2. The minimum absolute atomic E-state index is 0.256. The number of anilines is 1. The largest absolute Gasteiger partial charge is 0.378 e. The van der Waals surface area contributed by atoms with Gasteiger partial charge < -0.3 is 5.32 Å². The van der Waals surface area contributed by atoms with Crippen molar-refractivity contribution in [3.05, 3.63) is 70.0 Å². The number of H-pyrrole nitrogens is 1. The molecule has 0 spiro atoms. The zero-order chi connectivity index (χ0) is 16.4. The fourth-order valence-electron chi connectivity index (χ4n) is 2.41. The number of aromatic amines is 1. The van der Waals surface area contributed by atoms with E-state index in [1.54, 1.807) is 12.1 Å². The average Bonchev–Trinajstić information content (AvgIpc) is 2.90. The molecule has 1 aromatic heterocycles. The maximum Gasteiger partial charge on any atom is 0.199 e. The molecule has 6 heteroatoms. The molecule has 0 unspecified atom stereocenters. The zero-order valence-electron chi connectivity index (χ0n) is 12.9. The predicted octanol–water partition coefficient (Wildman–Crippen LogP) is 4.30. The third-order valence-electron chi connectivity index (χ3n) is 3.64. The molecule has 1 heterocycles. The van der Waals surface area contributed by atoms with E-state index in [-0.39, 0.29) is 5.82 Å². The molecule has 0 aliphatic carbocycles. The van der Waals surface area contributed by atoms with Gasteiger partial charge in [0.25, 0.3) is 0 Å². The molecule has 0 amide bonds. The van der Waals surface area contributed by atoms with Crippen molar-refractivity contribution in [1.82, 2.24) is 14.8 Å². The molecule has 2 aromatic carbocycles. The van der Waals surface area contributed by atoms with E-state index in [1.807, 2.05) is 18.4 Å².